The second kappa shape index (κ2) is 14.2. The molecule has 5 heteroatoms. The fourth-order valence-corrected chi connectivity index (χ4v) is 12.8. The molecule has 0 saturated heterocycles. The van der Waals surface area contributed by atoms with Crippen molar-refractivity contribution >= 4 is 98.5 Å². The van der Waals surface area contributed by atoms with Gasteiger partial charge in [-0.1, -0.05) is 133 Å². The molecular formula is C63H38N2O2S. The van der Waals surface area contributed by atoms with E-state index in [9.17, 15) is 0 Å². The van der Waals surface area contributed by atoms with E-state index in [0.29, 0.717) is 0 Å². The summed E-state index contributed by atoms with van der Waals surface area (Å²) in [6, 6.07) is 83.8. The lowest BCUT2D eigenvalue weighted by Crippen LogP contribution is -2.28. The summed E-state index contributed by atoms with van der Waals surface area (Å²) in [6.07, 6.45) is 0. The number of fused-ring (bicyclic) bond motifs is 18. The van der Waals surface area contributed by atoms with E-state index < -0.39 is 5.41 Å². The quantitative estimate of drug-likeness (QED) is 0.167. The van der Waals surface area contributed by atoms with E-state index in [1.54, 1.807) is 0 Å². The van der Waals surface area contributed by atoms with Crippen molar-refractivity contribution in [2.24, 2.45) is 0 Å². The Kier molecular flexibility index (Phi) is 7.83. The Labute approximate surface area is 395 Å². The normalized spacial score (nSPS) is 14.5. The van der Waals surface area contributed by atoms with E-state index in [0.717, 1.165) is 78.4 Å². The molecule has 0 bridgehead atoms. The molecule has 1 unspecified atom stereocenters. The Hall–Kier alpha value is -8.64. The molecule has 2 aliphatic rings. The van der Waals surface area contributed by atoms with Crippen LogP contribution in [0.4, 0.5) is 34.1 Å². The largest absolute Gasteiger partial charge is 0.456 e. The molecule has 68 heavy (non-hydrogen) atoms. The van der Waals surface area contributed by atoms with Crippen molar-refractivity contribution < 1.29 is 8.83 Å². The zero-order chi connectivity index (χ0) is 44.5. The van der Waals surface area contributed by atoms with Gasteiger partial charge in [0.05, 0.1) is 11.1 Å². The predicted octanol–water partition coefficient (Wildman–Crippen LogP) is 18.0. The molecule has 318 valence electrons. The van der Waals surface area contributed by atoms with Crippen LogP contribution < -0.4 is 9.80 Å². The molecule has 2 aliphatic carbocycles. The molecule has 10 aromatic carbocycles. The van der Waals surface area contributed by atoms with Crippen LogP contribution in [0.1, 0.15) is 22.3 Å². The van der Waals surface area contributed by atoms with Gasteiger partial charge in [-0.25, -0.2) is 0 Å². The zero-order valence-electron chi connectivity index (χ0n) is 36.6. The molecule has 1 spiro atoms. The van der Waals surface area contributed by atoms with Gasteiger partial charge >= 0.3 is 0 Å². The van der Waals surface area contributed by atoms with E-state index in [4.69, 9.17) is 8.83 Å². The second-order valence-electron chi connectivity index (χ2n) is 17.9. The van der Waals surface area contributed by atoms with Crippen molar-refractivity contribution in [2.45, 2.75) is 5.41 Å². The molecular weight excluding hydrogens is 849 g/mol. The lowest BCUT2D eigenvalue weighted by Gasteiger charge is -2.36. The van der Waals surface area contributed by atoms with Crippen molar-refractivity contribution in [2.75, 3.05) is 9.80 Å². The SMILES string of the molecule is c1ccc(N(c2ccc3c(c2)C2(c4ccccc4-3)c3c(cccc3N(c3ccccc3)c3ccc4oc5ccccc5c4c3)-c3oc4ccccc4c32)c2ccc3sc4ccccc4c3c2)cc1. The third kappa shape index (κ3) is 5.14. The summed E-state index contributed by atoms with van der Waals surface area (Å²) in [5.74, 6) is 0.912. The topological polar surface area (TPSA) is 32.8 Å². The number of furan rings is 2. The molecule has 0 fully saturated rings. The number of thiophene rings is 1. The van der Waals surface area contributed by atoms with Crippen molar-refractivity contribution in [3.63, 3.8) is 0 Å². The Morgan fingerprint density at radius 2 is 0.897 bits per heavy atom. The molecule has 0 amide bonds. The Morgan fingerprint density at radius 3 is 1.74 bits per heavy atom. The highest BCUT2D eigenvalue weighted by Crippen LogP contribution is 2.67. The monoisotopic (exact) mass is 886 g/mol. The number of anilines is 6. The van der Waals surface area contributed by atoms with Gasteiger partial charge < -0.3 is 18.6 Å². The summed E-state index contributed by atoms with van der Waals surface area (Å²) in [6.45, 7) is 0. The lowest BCUT2D eigenvalue weighted by molar-refractivity contribution is 0.628. The Morgan fingerprint density at radius 1 is 0.324 bits per heavy atom. The van der Waals surface area contributed by atoms with Crippen LogP contribution in [0.15, 0.2) is 239 Å². The summed E-state index contributed by atoms with van der Waals surface area (Å²) < 4.78 is 16.1. The van der Waals surface area contributed by atoms with E-state index in [1.165, 1.54) is 53.6 Å². The van der Waals surface area contributed by atoms with Gasteiger partial charge in [0.15, 0.2) is 0 Å². The smallest absolute Gasteiger partial charge is 0.140 e. The van der Waals surface area contributed by atoms with E-state index in [-0.39, 0.29) is 0 Å². The van der Waals surface area contributed by atoms with Crippen LogP contribution in [0.5, 0.6) is 0 Å². The van der Waals surface area contributed by atoms with Gasteiger partial charge in [-0.2, -0.15) is 0 Å². The molecule has 15 rings (SSSR count). The average molecular weight is 887 g/mol. The summed E-state index contributed by atoms with van der Waals surface area (Å²) in [5.41, 5.74) is 16.7. The maximum Gasteiger partial charge on any atom is 0.140 e. The molecule has 0 aliphatic heterocycles. The standard InChI is InChI=1S/C63H38N2O2S/c1-3-16-39(17-4-1)64(41-32-35-59-51(37-41)47-22-10-14-29-58(47)68-59)43-30-33-45-44-20-7-11-25-52(44)63(53(45)38-43)60-49(62-61(63)48-23-9-13-28-56(48)67-62)24-15-26-54(60)65(40-18-5-2-6-19-40)42-31-34-57-50(36-42)46-21-8-12-27-55(46)66-57/h1-38H. The number of hydrogen-bond donors (Lipinski definition) is 0. The molecule has 4 nitrogen and oxygen atoms in total. The maximum atomic E-state index is 7.14. The van der Waals surface area contributed by atoms with Gasteiger partial charge in [0.1, 0.15) is 22.5 Å². The maximum absolute atomic E-state index is 7.14. The van der Waals surface area contributed by atoms with Crippen LogP contribution in [-0.4, -0.2) is 0 Å². The first-order valence-corrected chi connectivity index (χ1v) is 24.0. The van der Waals surface area contributed by atoms with Crippen molar-refractivity contribution in [1.82, 2.24) is 0 Å². The van der Waals surface area contributed by atoms with Gasteiger partial charge in [-0.3, -0.25) is 0 Å². The van der Waals surface area contributed by atoms with Crippen LogP contribution >= 0.6 is 11.3 Å². The van der Waals surface area contributed by atoms with Crippen LogP contribution in [-0.2, 0) is 5.41 Å². The number of para-hydroxylation sites is 4. The van der Waals surface area contributed by atoms with Crippen molar-refractivity contribution in [3.05, 3.63) is 253 Å². The van der Waals surface area contributed by atoms with E-state index in [2.05, 4.69) is 228 Å². The summed E-state index contributed by atoms with van der Waals surface area (Å²) in [7, 11) is 0. The summed E-state index contributed by atoms with van der Waals surface area (Å²) in [5, 5.41) is 5.84. The van der Waals surface area contributed by atoms with Gasteiger partial charge in [-0.05, 0) is 119 Å². The summed E-state index contributed by atoms with van der Waals surface area (Å²) in [4.78, 5) is 4.87. The zero-order valence-corrected chi connectivity index (χ0v) is 37.4. The van der Waals surface area contributed by atoms with Crippen LogP contribution in [0.25, 0.3) is 75.5 Å². The lowest BCUT2D eigenvalue weighted by atomic mass is 9.69. The molecule has 0 N–H and O–H groups in total. The fourth-order valence-electron chi connectivity index (χ4n) is 11.7. The first-order valence-electron chi connectivity index (χ1n) is 23.2. The van der Waals surface area contributed by atoms with Gasteiger partial charge in [0, 0.05) is 81.5 Å². The van der Waals surface area contributed by atoms with E-state index >= 15 is 0 Å². The van der Waals surface area contributed by atoms with Crippen LogP contribution in [0, 0.1) is 0 Å². The summed E-state index contributed by atoms with van der Waals surface area (Å²) >= 11 is 1.85. The van der Waals surface area contributed by atoms with Crippen LogP contribution in [0.2, 0.25) is 0 Å². The number of nitrogens with zero attached hydrogens (tertiary/aromatic N) is 2. The minimum atomic E-state index is -0.773. The molecule has 3 heterocycles. The highest BCUT2D eigenvalue weighted by atomic mass is 32.1. The van der Waals surface area contributed by atoms with Crippen molar-refractivity contribution in [3.8, 4) is 22.5 Å². The number of rotatable bonds is 6. The first kappa shape index (κ1) is 37.6. The first-order chi connectivity index (χ1) is 33.7. The van der Waals surface area contributed by atoms with E-state index in [1.807, 2.05) is 23.5 Å². The van der Waals surface area contributed by atoms with Crippen LogP contribution in [0.3, 0.4) is 0 Å². The minimum Gasteiger partial charge on any atom is -0.456 e. The number of benzene rings is 10. The molecule has 0 saturated carbocycles. The minimum absolute atomic E-state index is 0.773. The second-order valence-corrected chi connectivity index (χ2v) is 19.0. The predicted molar refractivity (Wildman–Crippen MR) is 282 cm³/mol. The number of hydrogen-bond acceptors (Lipinski definition) is 5. The highest BCUT2D eigenvalue weighted by molar-refractivity contribution is 7.25. The highest BCUT2D eigenvalue weighted by Gasteiger charge is 2.56. The van der Waals surface area contributed by atoms with Gasteiger partial charge in [-0.15, -0.1) is 11.3 Å². The third-order valence-corrected chi connectivity index (χ3v) is 15.6. The van der Waals surface area contributed by atoms with Crippen molar-refractivity contribution in [1.29, 1.82) is 0 Å². The van der Waals surface area contributed by atoms with Gasteiger partial charge in [0.2, 0.25) is 0 Å². The molecule has 3 aromatic heterocycles. The average Bonchev–Trinajstić information content (AvgIpc) is 4.20. The van der Waals surface area contributed by atoms with Gasteiger partial charge in [0.25, 0.3) is 0 Å². The molecule has 13 aromatic rings. The molecule has 0 radical (unpaired) electrons. The Balaban J connectivity index is 1.04. The molecule has 1 atom stereocenters. The Bertz CT molecular complexity index is 4180. The third-order valence-electron chi connectivity index (χ3n) is 14.4. The fraction of sp³-hybridized carbons (Fsp3) is 0.0159.